The number of fused-ring (bicyclic) bond motifs is 2. The fourth-order valence-electron chi connectivity index (χ4n) is 1.69. The van der Waals surface area contributed by atoms with E-state index in [-0.39, 0.29) is 0 Å². The van der Waals surface area contributed by atoms with Gasteiger partial charge < -0.3 is 0 Å². The standard InChI is InChI=1S/C14H7/c1-2-6-12-10-14-8-4-3-7-13(14)9-11(12)5-1/h1,4-6,8-10H. The average Bonchev–Trinajstić information content (AvgIpc) is 2.26. The van der Waals surface area contributed by atoms with E-state index in [9.17, 15) is 0 Å². The summed E-state index contributed by atoms with van der Waals surface area (Å²) in [4.78, 5) is 0. The van der Waals surface area contributed by atoms with Gasteiger partial charge in [0.25, 0.3) is 0 Å². The molecule has 3 rings (SSSR count). The molecule has 0 atom stereocenters. The molecule has 0 unspecified atom stereocenters. The molecule has 0 aromatic heterocycles. The second-order valence-corrected chi connectivity index (χ2v) is 3.32. The van der Waals surface area contributed by atoms with E-state index < -0.39 is 0 Å². The largest absolute Gasteiger partial charge is 0.0537 e. The highest BCUT2D eigenvalue weighted by Gasteiger charge is 1.95. The Labute approximate surface area is 82.8 Å². The molecule has 0 saturated heterocycles. The molecule has 0 aliphatic carbocycles. The lowest BCUT2D eigenvalue weighted by molar-refractivity contribution is 1.74. The Kier molecular flexibility index (Phi) is 1.54. The van der Waals surface area contributed by atoms with Crippen molar-refractivity contribution in [2.75, 3.05) is 0 Å². The van der Waals surface area contributed by atoms with Crippen molar-refractivity contribution in [3.05, 3.63) is 60.7 Å². The summed E-state index contributed by atoms with van der Waals surface area (Å²) in [7, 11) is 0. The number of hydrogen-bond acceptors (Lipinski definition) is 0. The predicted molar refractivity (Wildman–Crippen MR) is 58.0 cm³/mol. The highest BCUT2D eigenvalue weighted by Crippen LogP contribution is 2.21. The maximum absolute atomic E-state index is 3.11. The van der Waals surface area contributed by atoms with Crippen LogP contribution in [0.4, 0.5) is 0 Å². The molecule has 0 fully saturated rings. The predicted octanol–water partition coefficient (Wildman–Crippen LogP) is 3.39. The van der Waals surface area contributed by atoms with Gasteiger partial charge in [-0.15, -0.1) is 0 Å². The molecule has 0 amide bonds. The van der Waals surface area contributed by atoms with Crippen LogP contribution in [0.3, 0.4) is 0 Å². The molecule has 0 heteroatoms. The van der Waals surface area contributed by atoms with Crippen molar-refractivity contribution in [2.24, 2.45) is 0 Å². The molecule has 0 heterocycles. The number of rotatable bonds is 0. The van der Waals surface area contributed by atoms with E-state index >= 15 is 0 Å². The molecule has 0 N–H and O–H groups in total. The zero-order valence-electron chi connectivity index (χ0n) is 7.54. The van der Waals surface area contributed by atoms with Crippen LogP contribution in [0.5, 0.6) is 0 Å². The van der Waals surface area contributed by atoms with Crippen LogP contribution in [0.25, 0.3) is 21.5 Å². The van der Waals surface area contributed by atoms with Crippen molar-refractivity contribution in [1.82, 2.24) is 0 Å². The van der Waals surface area contributed by atoms with E-state index in [4.69, 9.17) is 0 Å². The van der Waals surface area contributed by atoms with Crippen molar-refractivity contribution in [2.45, 2.75) is 0 Å². The Hall–Kier alpha value is -1.82. The summed E-state index contributed by atoms with van der Waals surface area (Å²) < 4.78 is 0. The van der Waals surface area contributed by atoms with Gasteiger partial charge in [-0.3, -0.25) is 0 Å². The van der Waals surface area contributed by atoms with Gasteiger partial charge in [-0.25, -0.2) is 0 Å². The molecule has 63 valence electrons. The van der Waals surface area contributed by atoms with Gasteiger partial charge in [-0.1, -0.05) is 24.3 Å². The topological polar surface area (TPSA) is 0 Å². The highest BCUT2D eigenvalue weighted by atomic mass is 14.0. The molecule has 0 saturated carbocycles. The van der Waals surface area contributed by atoms with E-state index in [1.807, 2.05) is 18.2 Å². The van der Waals surface area contributed by atoms with Crippen LogP contribution in [-0.4, -0.2) is 0 Å². The van der Waals surface area contributed by atoms with Crippen molar-refractivity contribution in [3.63, 3.8) is 0 Å². The molecular formula is C14H7. The van der Waals surface area contributed by atoms with Crippen LogP contribution in [-0.2, 0) is 0 Å². The molecule has 3 aromatic carbocycles. The van der Waals surface area contributed by atoms with Gasteiger partial charge in [0.15, 0.2) is 0 Å². The second-order valence-electron chi connectivity index (χ2n) is 3.32. The van der Waals surface area contributed by atoms with E-state index in [0.29, 0.717) is 0 Å². The van der Waals surface area contributed by atoms with E-state index in [1.54, 1.807) is 0 Å². The molecule has 14 heavy (non-hydrogen) atoms. The van der Waals surface area contributed by atoms with Crippen LogP contribution < -0.4 is 0 Å². The summed E-state index contributed by atoms with van der Waals surface area (Å²) in [5.74, 6) is 0. The summed E-state index contributed by atoms with van der Waals surface area (Å²) in [6.45, 7) is 0. The van der Waals surface area contributed by atoms with Crippen LogP contribution >= 0.6 is 0 Å². The van der Waals surface area contributed by atoms with Gasteiger partial charge in [0.1, 0.15) is 0 Å². The number of benzene rings is 3. The van der Waals surface area contributed by atoms with Crippen LogP contribution in [0.1, 0.15) is 0 Å². The first-order valence-electron chi connectivity index (χ1n) is 4.55. The number of hydrogen-bond donors (Lipinski definition) is 0. The van der Waals surface area contributed by atoms with Crippen LogP contribution in [0.15, 0.2) is 42.5 Å². The summed E-state index contributed by atoms with van der Waals surface area (Å²) in [6, 6.07) is 23.4. The van der Waals surface area contributed by atoms with Crippen LogP contribution in [0.2, 0.25) is 0 Å². The molecule has 0 nitrogen and oxygen atoms in total. The quantitative estimate of drug-likeness (QED) is 0.459. The molecule has 0 bridgehead atoms. The summed E-state index contributed by atoms with van der Waals surface area (Å²) in [5, 5.41) is 4.77. The van der Waals surface area contributed by atoms with Gasteiger partial charge in [-0.2, -0.15) is 0 Å². The maximum atomic E-state index is 3.11. The molecule has 3 aromatic rings. The van der Waals surface area contributed by atoms with Gasteiger partial charge in [0.05, 0.1) is 0 Å². The third-order valence-electron chi connectivity index (χ3n) is 2.41. The summed E-state index contributed by atoms with van der Waals surface area (Å²) in [5.41, 5.74) is 0. The van der Waals surface area contributed by atoms with Crippen molar-refractivity contribution in [1.29, 1.82) is 0 Å². The lowest BCUT2D eigenvalue weighted by Crippen LogP contribution is -1.75. The Morgan fingerprint density at radius 1 is 0.857 bits per heavy atom. The van der Waals surface area contributed by atoms with E-state index in [1.165, 1.54) is 16.2 Å². The molecule has 0 aliphatic rings. The normalized spacial score (nSPS) is 10.9. The third kappa shape index (κ3) is 1.08. The minimum absolute atomic E-state index is 1.12. The lowest BCUT2D eigenvalue weighted by atomic mass is 10.0. The summed E-state index contributed by atoms with van der Waals surface area (Å²) in [6.07, 6.45) is 0. The average molecular weight is 175 g/mol. The zero-order valence-corrected chi connectivity index (χ0v) is 7.54. The first-order chi connectivity index (χ1) is 6.93. The Morgan fingerprint density at radius 3 is 2.79 bits per heavy atom. The minimum atomic E-state index is 1.12. The Morgan fingerprint density at radius 2 is 1.79 bits per heavy atom. The monoisotopic (exact) mass is 175 g/mol. The molecule has 0 spiro atoms. The summed E-state index contributed by atoms with van der Waals surface area (Å²) >= 11 is 0. The minimum Gasteiger partial charge on any atom is -0.0537 e. The van der Waals surface area contributed by atoms with Crippen molar-refractivity contribution < 1.29 is 0 Å². The van der Waals surface area contributed by atoms with Crippen molar-refractivity contribution >= 4 is 21.5 Å². The van der Waals surface area contributed by atoms with Gasteiger partial charge in [-0.05, 0) is 57.9 Å². The van der Waals surface area contributed by atoms with Crippen molar-refractivity contribution in [3.8, 4) is 0 Å². The maximum Gasteiger partial charge on any atom is -0.00139 e. The fraction of sp³-hybridized carbons (Fsp3) is 0. The van der Waals surface area contributed by atoms with E-state index in [2.05, 4.69) is 42.5 Å². The third-order valence-corrected chi connectivity index (χ3v) is 2.41. The fourth-order valence-corrected chi connectivity index (χ4v) is 1.69. The molecule has 0 aliphatic heterocycles. The smallest absolute Gasteiger partial charge is 0.00139 e. The first-order valence-corrected chi connectivity index (χ1v) is 4.55. The van der Waals surface area contributed by atoms with Crippen LogP contribution in [0, 0.1) is 18.2 Å². The molecule has 3 radical (unpaired) electrons. The Balaban J connectivity index is 2.52. The second kappa shape index (κ2) is 2.85. The SMILES string of the molecule is [c]1[c]c2cc3cc[c]cc3cc2cc1. The first kappa shape index (κ1) is 7.57. The highest BCUT2D eigenvalue weighted by molar-refractivity contribution is 5.97. The molecular weight excluding hydrogens is 168 g/mol. The van der Waals surface area contributed by atoms with Gasteiger partial charge >= 0.3 is 0 Å². The van der Waals surface area contributed by atoms with Gasteiger partial charge in [0.2, 0.25) is 0 Å². The zero-order chi connectivity index (χ0) is 9.38. The Bertz CT molecular complexity index is 489. The van der Waals surface area contributed by atoms with E-state index in [0.717, 1.165) is 5.39 Å². The van der Waals surface area contributed by atoms with Gasteiger partial charge in [0, 0.05) is 0 Å². The lowest BCUT2D eigenvalue weighted by Gasteiger charge is -2.00.